The third-order valence-electron chi connectivity index (χ3n) is 7.56. The molecule has 0 saturated carbocycles. The number of unbranched alkanes of at least 4 members (excludes halogenated alkanes) is 1. The summed E-state index contributed by atoms with van der Waals surface area (Å²) in [6.45, 7) is -3.72. The van der Waals surface area contributed by atoms with Gasteiger partial charge in [-0.15, -0.1) is 0 Å². The Labute approximate surface area is 312 Å². The SMILES string of the molecule is NCc1cc(Oc2cccc(C(=O)NCCCCOCC(C(=O)O)N(CCN(CCN(CC(=O)O)CC(=O)O)CC(=O)O)CC(=O)O)c2)nc(C(F)(F)F)c1. The molecule has 0 aliphatic carbocycles. The Morgan fingerprint density at radius 3 is 1.98 bits per heavy atom. The maximum atomic E-state index is 13.2. The van der Waals surface area contributed by atoms with Crippen LogP contribution >= 0.6 is 0 Å². The van der Waals surface area contributed by atoms with Crippen LogP contribution in [-0.2, 0) is 41.4 Å². The summed E-state index contributed by atoms with van der Waals surface area (Å²) < 4.78 is 50.6. The van der Waals surface area contributed by atoms with Gasteiger partial charge in [0.2, 0.25) is 5.88 Å². The number of ether oxygens (including phenoxy) is 2. The highest BCUT2D eigenvalue weighted by atomic mass is 19.4. The molecule has 0 aliphatic rings. The van der Waals surface area contributed by atoms with Crippen LogP contribution < -0.4 is 15.8 Å². The van der Waals surface area contributed by atoms with Gasteiger partial charge in [0, 0.05) is 57.5 Å². The Morgan fingerprint density at radius 2 is 1.40 bits per heavy atom. The zero-order valence-corrected chi connectivity index (χ0v) is 29.4. The number of carbonyl (C=O) groups is 6. The molecule has 1 heterocycles. The van der Waals surface area contributed by atoms with E-state index >= 15 is 0 Å². The van der Waals surface area contributed by atoms with Gasteiger partial charge in [0.25, 0.3) is 5.91 Å². The van der Waals surface area contributed by atoms with E-state index in [2.05, 4.69) is 10.3 Å². The summed E-state index contributed by atoms with van der Waals surface area (Å²) in [4.78, 5) is 76.9. The predicted octanol–water partition coefficient (Wildman–Crippen LogP) is 0.576. The molecule has 19 nitrogen and oxygen atoms in total. The number of hydrogen-bond acceptors (Lipinski definition) is 13. The van der Waals surface area contributed by atoms with Crippen molar-refractivity contribution in [1.82, 2.24) is 25.0 Å². The molecule has 0 saturated heterocycles. The largest absolute Gasteiger partial charge is 0.480 e. The van der Waals surface area contributed by atoms with Gasteiger partial charge >= 0.3 is 36.0 Å². The number of amides is 1. The van der Waals surface area contributed by atoms with Crippen LogP contribution in [0.25, 0.3) is 0 Å². The summed E-state index contributed by atoms with van der Waals surface area (Å²) in [5.74, 6) is -7.50. The van der Waals surface area contributed by atoms with E-state index in [0.29, 0.717) is 12.8 Å². The first-order chi connectivity index (χ1) is 25.9. The van der Waals surface area contributed by atoms with E-state index in [4.69, 9.17) is 25.4 Å². The van der Waals surface area contributed by atoms with Crippen LogP contribution in [0.5, 0.6) is 11.6 Å². The van der Waals surface area contributed by atoms with E-state index < -0.39 is 86.5 Å². The van der Waals surface area contributed by atoms with Crippen LogP contribution in [0.3, 0.4) is 0 Å². The highest BCUT2D eigenvalue weighted by Crippen LogP contribution is 2.31. The molecule has 0 fully saturated rings. The number of carbonyl (C=O) groups excluding carboxylic acids is 1. The average molecular weight is 789 g/mol. The zero-order chi connectivity index (χ0) is 41.1. The maximum Gasteiger partial charge on any atom is 0.433 e. The van der Waals surface area contributed by atoms with Crippen LogP contribution in [0.4, 0.5) is 13.2 Å². The van der Waals surface area contributed by atoms with Crippen LogP contribution in [0.15, 0.2) is 36.4 Å². The number of aliphatic carboxylic acids is 5. The van der Waals surface area contributed by atoms with E-state index in [0.717, 1.165) is 15.9 Å². The lowest BCUT2D eigenvalue weighted by Gasteiger charge is -2.30. The number of rotatable bonds is 27. The minimum absolute atomic E-state index is 0.0206. The van der Waals surface area contributed by atoms with E-state index in [-0.39, 0.29) is 68.6 Å². The van der Waals surface area contributed by atoms with E-state index in [9.17, 15) is 57.3 Å². The van der Waals surface area contributed by atoms with Gasteiger partial charge in [-0.25, -0.2) is 4.98 Å². The lowest BCUT2D eigenvalue weighted by Crippen LogP contribution is -2.50. The van der Waals surface area contributed by atoms with Crippen LogP contribution in [0, 0.1) is 0 Å². The van der Waals surface area contributed by atoms with Crippen molar-refractivity contribution in [2.24, 2.45) is 5.73 Å². The lowest BCUT2D eigenvalue weighted by molar-refractivity contribution is -0.149. The van der Waals surface area contributed by atoms with Crippen LogP contribution in [-0.4, -0.2) is 159 Å². The zero-order valence-electron chi connectivity index (χ0n) is 29.4. The van der Waals surface area contributed by atoms with Crippen molar-refractivity contribution in [3.8, 4) is 11.6 Å². The van der Waals surface area contributed by atoms with Gasteiger partial charge in [-0.2, -0.15) is 13.2 Å². The molecular weight excluding hydrogens is 745 g/mol. The van der Waals surface area contributed by atoms with Crippen LogP contribution in [0.1, 0.15) is 34.5 Å². The standard InChI is InChI=1S/C33H43F3N6O13/c34-33(35,36)25-12-21(15-37)13-26(39-25)55-23-5-3-4-22(14-23)31(51)38-6-1-2-11-54-20-24(32(52)53)42(19-30(49)50)10-9-40(16-27(43)44)7-8-41(17-28(45)46)18-29(47)48/h3-5,12-14,24H,1-2,6-11,15-20,37H2,(H,38,51)(H,43,44)(H,45,46)(H,47,48)(H,49,50)(H,52,53). The molecule has 1 aromatic heterocycles. The highest BCUT2D eigenvalue weighted by molar-refractivity contribution is 5.94. The predicted molar refractivity (Wildman–Crippen MR) is 182 cm³/mol. The summed E-state index contributed by atoms with van der Waals surface area (Å²) in [7, 11) is 0. The van der Waals surface area contributed by atoms with Gasteiger partial charge in [-0.1, -0.05) is 6.07 Å². The van der Waals surface area contributed by atoms with Gasteiger partial charge in [0.05, 0.1) is 32.8 Å². The monoisotopic (exact) mass is 788 g/mol. The first-order valence-electron chi connectivity index (χ1n) is 16.6. The number of benzene rings is 1. The minimum atomic E-state index is -4.73. The molecule has 1 unspecified atom stereocenters. The molecule has 1 amide bonds. The third-order valence-corrected chi connectivity index (χ3v) is 7.56. The van der Waals surface area contributed by atoms with Crippen molar-refractivity contribution in [2.75, 3.05) is 72.1 Å². The lowest BCUT2D eigenvalue weighted by atomic mass is 10.2. The maximum absolute atomic E-state index is 13.2. The fourth-order valence-corrected chi connectivity index (χ4v) is 4.99. The molecule has 8 N–H and O–H groups in total. The molecule has 2 rings (SSSR count). The second-order valence-electron chi connectivity index (χ2n) is 12.0. The van der Waals surface area contributed by atoms with Gasteiger partial charge in [0.15, 0.2) is 0 Å². The number of alkyl halides is 3. The van der Waals surface area contributed by atoms with Crippen molar-refractivity contribution in [3.05, 3.63) is 53.2 Å². The number of aromatic nitrogens is 1. The highest BCUT2D eigenvalue weighted by Gasteiger charge is 2.33. The molecule has 2 aromatic rings. The Hall–Kier alpha value is -5.42. The average Bonchev–Trinajstić information content (AvgIpc) is 3.08. The molecule has 22 heteroatoms. The topological polar surface area (TPSA) is 283 Å². The Balaban J connectivity index is 1.90. The molecule has 55 heavy (non-hydrogen) atoms. The fourth-order valence-electron chi connectivity index (χ4n) is 4.99. The van der Waals surface area contributed by atoms with E-state index in [1.165, 1.54) is 35.2 Å². The molecule has 1 atom stereocenters. The van der Waals surface area contributed by atoms with Crippen molar-refractivity contribution in [2.45, 2.75) is 31.6 Å². The Bertz CT molecular complexity index is 1620. The normalized spacial score (nSPS) is 12.1. The van der Waals surface area contributed by atoms with E-state index in [1.54, 1.807) is 0 Å². The van der Waals surface area contributed by atoms with Crippen molar-refractivity contribution in [3.63, 3.8) is 0 Å². The molecular formula is C33H43F3N6O13. The second kappa shape index (κ2) is 22.7. The summed E-state index contributed by atoms with van der Waals surface area (Å²) >= 11 is 0. The Kier molecular flexibility index (Phi) is 18.9. The first-order valence-corrected chi connectivity index (χ1v) is 16.6. The number of pyridine rings is 1. The number of carboxylic acids is 5. The van der Waals surface area contributed by atoms with Crippen molar-refractivity contribution < 1.29 is 76.9 Å². The molecule has 304 valence electrons. The van der Waals surface area contributed by atoms with Gasteiger partial charge in [-0.3, -0.25) is 43.5 Å². The molecule has 1 aromatic carbocycles. The number of nitrogens with zero attached hydrogens (tertiary/aromatic N) is 4. The summed E-state index contributed by atoms with van der Waals surface area (Å²) in [5, 5.41) is 49.3. The van der Waals surface area contributed by atoms with E-state index in [1.807, 2.05) is 0 Å². The van der Waals surface area contributed by atoms with Gasteiger partial charge in [-0.05, 0) is 42.7 Å². The Morgan fingerprint density at radius 1 is 0.800 bits per heavy atom. The smallest absolute Gasteiger partial charge is 0.433 e. The number of hydrogen-bond donors (Lipinski definition) is 7. The van der Waals surface area contributed by atoms with Gasteiger partial charge < -0.3 is 46.1 Å². The molecule has 0 aliphatic heterocycles. The second-order valence-corrected chi connectivity index (χ2v) is 12.0. The minimum Gasteiger partial charge on any atom is -0.480 e. The molecule has 0 spiro atoms. The van der Waals surface area contributed by atoms with Crippen molar-refractivity contribution in [1.29, 1.82) is 0 Å². The number of nitrogens with two attached hydrogens (primary N) is 1. The summed E-state index contributed by atoms with van der Waals surface area (Å²) in [5.41, 5.74) is 4.59. The first kappa shape index (κ1) is 45.7. The molecule has 0 bridgehead atoms. The molecule has 0 radical (unpaired) electrons. The quantitative estimate of drug-likeness (QED) is 0.0610. The third kappa shape index (κ3) is 18.0. The number of halogens is 3. The van der Waals surface area contributed by atoms with Crippen LogP contribution in [0.2, 0.25) is 0 Å². The number of carboxylic acid groups (broad SMARTS) is 5. The van der Waals surface area contributed by atoms with Gasteiger partial charge in [0.1, 0.15) is 17.5 Å². The van der Waals surface area contributed by atoms with Crippen molar-refractivity contribution >= 4 is 35.8 Å². The fraction of sp³-hybridized carbons (Fsp3) is 0.485. The summed E-state index contributed by atoms with van der Waals surface area (Å²) in [6.07, 6.45) is -4.01. The number of nitrogens with one attached hydrogen (secondary N) is 1. The summed E-state index contributed by atoms with van der Waals surface area (Å²) in [6, 6.07) is 6.25.